The molecular formula is C14H17NO. The van der Waals surface area contributed by atoms with E-state index >= 15 is 0 Å². The van der Waals surface area contributed by atoms with Crippen molar-refractivity contribution in [2.45, 2.75) is 13.3 Å². The molecule has 0 aliphatic rings. The number of rotatable bonds is 4. The van der Waals surface area contributed by atoms with Gasteiger partial charge >= 0.3 is 0 Å². The maximum atomic E-state index is 4.84. The standard InChI is InChI=1S/C14H17NO/c1-11-9-13-5-3-4-6-14(13)10-12(11)7-8-15-16-2/h3-6,9-10,15H,7-8H2,1-2H3. The van der Waals surface area contributed by atoms with Crippen molar-refractivity contribution in [1.29, 1.82) is 0 Å². The van der Waals surface area contributed by atoms with Crippen LogP contribution in [0.4, 0.5) is 0 Å². The lowest BCUT2D eigenvalue weighted by Crippen LogP contribution is -2.15. The Kier molecular flexibility index (Phi) is 3.54. The molecule has 0 heterocycles. The summed E-state index contributed by atoms with van der Waals surface area (Å²) in [6.45, 7) is 3.00. The van der Waals surface area contributed by atoms with E-state index < -0.39 is 0 Å². The molecule has 2 aromatic rings. The summed E-state index contributed by atoms with van der Waals surface area (Å²) in [5.74, 6) is 0. The normalized spacial score (nSPS) is 10.9. The monoisotopic (exact) mass is 215 g/mol. The molecule has 0 aromatic heterocycles. The van der Waals surface area contributed by atoms with Crippen LogP contribution < -0.4 is 5.48 Å². The van der Waals surface area contributed by atoms with E-state index in [1.54, 1.807) is 7.11 Å². The highest BCUT2D eigenvalue weighted by Crippen LogP contribution is 2.19. The summed E-state index contributed by atoms with van der Waals surface area (Å²) in [5, 5.41) is 2.61. The molecule has 84 valence electrons. The third-order valence-corrected chi connectivity index (χ3v) is 2.84. The van der Waals surface area contributed by atoms with Crippen molar-refractivity contribution in [3.05, 3.63) is 47.5 Å². The van der Waals surface area contributed by atoms with Gasteiger partial charge in [0.25, 0.3) is 0 Å². The van der Waals surface area contributed by atoms with Gasteiger partial charge in [0.1, 0.15) is 0 Å². The second-order valence-corrected chi connectivity index (χ2v) is 3.97. The van der Waals surface area contributed by atoms with Gasteiger partial charge in [-0.25, -0.2) is 5.48 Å². The molecule has 16 heavy (non-hydrogen) atoms. The zero-order valence-electron chi connectivity index (χ0n) is 9.79. The Hall–Kier alpha value is -1.38. The molecular weight excluding hydrogens is 198 g/mol. The maximum Gasteiger partial charge on any atom is 0.0572 e. The fourth-order valence-electron chi connectivity index (χ4n) is 1.96. The summed E-state index contributed by atoms with van der Waals surface area (Å²) in [7, 11) is 1.65. The second-order valence-electron chi connectivity index (χ2n) is 3.97. The van der Waals surface area contributed by atoms with Gasteiger partial charge in [0.2, 0.25) is 0 Å². The van der Waals surface area contributed by atoms with E-state index in [-0.39, 0.29) is 0 Å². The first-order valence-electron chi connectivity index (χ1n) is 5.55. The van der Waals surface area contributed by atoms with Crippen molar-refractivity contribution in [1.82, 2.24) is 5.48 Å². The molecule has 0 saturated carbocycles. The molecule has 0 fully saturated rings. The Labute approximate surface area is 96.2 Å². The van der Waals surface area contributed by atoms with E-state index in [0.717, 1.165) is 13.0 Å². The first kappa shape index (κ1) is 11.1. The average Bonchev–Trinajstić information content (AvgIpc) is 2.30. The van der Waals surface area contributed by atoms with Crippen LogP contribution in [0.5, 0.6) is 0 Å². The fourth-order valence-corrected chi connectivity index (χ4v) is 1.96. The Bertz CT molecular complexity index is 479. The Morgan fingerprint density at radius 3 is 2.50 bits per heavy atom. The zero-order valence-corrected chi connectivity index (χ0v) is 9.79. The van der Waals surface area contributed by atoms with Gasteiger partial charge in [0, 0.05) is 6.54 Å². The molecule has 2 nitrogen and oxygen atoms in total. The third kappa shape index (κ3) is 2.40. The number of aryl methyl sites for hydroxylation is 1. The van der Waals surface area contributed by atoms with Crippen molar-refractivity contribution in [2.24, 2.45) is 0 Å². The second kappa shape index (κ2) is 5.10. The van der Waals surface area contributed by atoms with Gasteiger partial charge in [0.05, 0.1) is 7.11 Å². The molecule has 0 saturated heterocycles. The van der Waals surface area contributed by atoms with E-state index in [9.17, 15) is 0 Å². The minimum absolute atomic E-state index is 0.843. The highest BCUT2D eigenvalue weighted by atomic mass is 16.6. The number of hydroxylamine groups is 1. The van der Waals surface area contributed by atoms with Crippen LogP contribution in [-0.4, -0.2) is 13.7 Å². The average molecular weight is 215 g/mol. The number of hydrogen-bond acceptors (Lipinski definition) is 2. The minimum atomic E-state index is 0.843. The van der Waals surface area contributed by atoms with Crippen molar-refractivity contribution >= 4 is 10.8 Å². The smallest absolute Gasteiger partial charge is 0.0572 e. The molecule has 0 spiro atoms. The van der Waals surface area contributed by atoms with Crippen LogP contribution in [0, 0.1) is 6.92 Å². The van der Waals surface area contributed by atoms with Gasteiger partial charge in [-0.05, 0) is 35.2 Å². The van der Waals surface area contributed by atoms with Crippen molar-refractivity contribution in [3.8, 4) is 0 Å². The summed E-state index contributed by atoms with van der Waals surface area (Å²) in [4.78, 5) is 4.84. The Balaban J connectivity index is 2.27. The topological polar surface area (TPSA) is 21.3 Å². The van der Waals surface area contributed by atoms with E-state index in [2.05, 4.69) is 48.8 Å². The third-order valence-electron chi connectivity index (χ3n) is 2.84. The summed E-state index contributed by atoms with van der Waals surface area (Å²) < 4.78 is 0. The Morgan fingerprint density at radius 2 is 1.81 bits per heavy atom. The first-order chi connectivity index (χ1) is 7.81. The molecule has 1 N–H and O–H groups in total. The van der Waals surface area contributed by atoms with Crippen molar-refractivity contribution in [3.63, 3.8) is 0 Å². The van der Waals surface area contributed by atoms with Crippen LogP contribution >= 0.6 is 0 Å². The zero-order chi connectivity index (χ0) is 11.4. The van der Waals surface area contributed by atoms with Gasteiger partial charge < -0.3 is 4.84 Å². The van der Waals surface area contributed by atoms with Gasteiger partial charge in [-0.3, -0.25) is 0 Å². The van der Waals surface area contributed by atoms with E-state index in [4.69, 9.17) is 4.84 Å². The SMILES string of the molecule is CONCCc1cc2ccccc2cc1C. The lowest BCUT2D eigenvalue weighted by atomic mass is 10.00. The quantitative estimate of drug-likeness (QED) is 0.625. The summed E-state index contributed by atoms with van der Waals surface area (Å²) in [6.07, 6.45) is 0.991. The van der Waals surface area contributed by atoms with Crippen molar-refractivity contribution in [2.75, 3.05) is 13.7 Å². The highest BCUT2D eigenvalue weighted by molar-refractivity contribution is 5.84. The highest BCUT2D eigenvalue weighted by Gasteiger charge is 2.00. The first-order valence-corrected chi connectivity index (χ1v) is 5.55. The molecule has 0 aliphatic heterocycles. The van der Waals surface area contributed by atoms with E-state index in [0.29, 0.717) is 0 Å². The molecule has 2 rings (SSSR count). The lowest BCUT2D eigenvalue weighted by Gasteiger charge is -2.08. The van der Waals surface area contributed by atoms with Gasteiger partial charge in [0.15, 0.2) is 0 Å². The summed E-state index contributed by atoms with van der Waals surface area (Å²) >= 11 is 0. The number of fused-ring (bicyclic) bond motifs is 1. The lowest BCUT2D eigenvalue weighted by molar-refractivity contribution is 0.0928. The molecule has 2 aromatic carbocycles. The van der Waals surface area contributed by atoms with Crippen molar-refractivity contribution < 1.29 is 4.84 Å². The van der Waals surface area contributed by atoms with Crippen LogP contribution in [-0.2, 0) is 11.3 Å². The molecule has 0 aliphatic carbocycles. The summed E-state index contributed by atoms with van der Waals surface area (Å²) in [6, 6.07) is 13.0. The molecule has 0 radical (unpaired) electrons. The largest absolute Gasteiger partial charge is 0.305 e. The van der Waals surface area contributed by atoms with Crippen LogP contribution in [0.2, 0.25) is 0 Å². The molecule has 0 bridgehead atoms. The van der Waals surface area contributed by atoms with Gasteiger partial charge in [-0.1, -0.05) is 36.4 Å². The summed E-state index contributed by atoms with van der Waals surface area (Å²) in [5.41, 5.74) is 5.59. The fraction of sp³-hybridized carbons (Fsp3) is 0.286. The predicted octanol–water partition coefficient (Wildman–Crippen LogP) is 2.84. The van der Waals surface area contributed by atoms with Gasteiger partial charge in [-0.2, -0.15) is 0 Å². The van der Waals surface area contributed by atoms with Crippen LogP contribution in [0.3, 0.4) is 0 Å². The molecule has 0 unspecified atom stereocenters. The van der Waals surface area contributed by atoms with E-state index in [1.165, 1.54) is 21.9 Å². The molecule has 0 amide bonds. The number of benzene rings is 2. The van der Waals surface area contributed by atoms with Crippen LogP contribution in [0.15, 0.2) is 36.4 Å². The Morgan fingerprint density at radius 1 is 1.12 bits per heavy atom. The minimum Gasteiger partial charge on any atom is -0.305 e. The van der Waals surface area contributed by atoms with Crippen LogP contribution in [0.25, 0.3) is 10.8 Å². The van der Waals surface area contributed by atoms with Gasteiger partial charge in [-0.15, -0.1) is 0 Å². The van der Waals surface area contributed by atoms with E-state index in [1.807, 2.05) is 0 Å². The number of nitrogens with one attached hydrogen (secondary N) is 1. The molecule has 0 atom stereocenters. The van der Waals surface area contributed by atoms with Crippen LogP contribution in [0.1, 0.15) is 11.1 Å². The number of hydrogen-bond donors (Lipinski definition) is 1. The predicted molar refractivity (Wildman–Crippen MR) is 67.4 cm³/mol. The maximum absolute atomic E-state index is 4.84. The molecule has 2 heteroatoms.